The van der Waals surface area contributed by atoms with Crippen LogP contribution in [0.15, 0.2) is 30.3 Å². The van der Waals surface area contributed by atoms with Crippen LogP contribution in [0, 0.1) is 12.7 Å². The Labute approximate surface area is 137 Å². The lowest BCUT2D eigenvalue weighted by atomic mass is 10.0. The van der Waals surface area contributed by atoms with Gasteiger partial charge in [-0.3, -0.25) is 0 Å². The van der Waals surface area contributed by atoms with Crippen molar-refractivity contribution < 1.29 is 13.9 Å². The molecule has 21 heavy (non-hydrogen) atoms. The number of rotatable bonds is 4. The maximum atomic E-state index is 13.6. The molecular formula is C16H15BrClFO2. The standard InChI is InChI=1S/C16H15BrClFO2/c1-9-4-10(6-11(19)5-9)16(17)12-7-14(20-2)15(21-3)8-13(12)18/h4-8,16H,1-3H3. The molecule has 0 radical (unpaired) electrons. The van der Waals surface area contributed by atoms with Crippen LogP contribution in [0.3, 0.4) is 0 Å². The van der Waals surface area contributed by atoms with Crippen LogP contribution >= 0.6 is 27.5 Å². The predicted octanol–water partition coefficient (Wildman–Crippen LogP) is 5.29. The Bertz CT molecular complexity index is 641. The molecule has 1 unspecified atom stereocenters. The number of alkyl halides is 1. The van der Waals surface area contributed by atoms with Gasteiger partial charge in [-0.15, -0.1) is 0 Å². The number of ether oxygens (including phenoxy) is 2. The topological polar surface area (TPSA) is 18.5 Å². The molecule has 0 fully saturated rings. The molecule has 0 bridgehead atoms. The molecule has 0 saturated heterocycles. The van der Waals surface area contributed by atoms with Crippen molar-refractivity contribution in [3.63, 3.8) is 0 Å². The summed E-state index contributed by atoms with van der Waals surface area (Å²) in [6, 6.07) is 8.37. The largest absolute Gasteiger partial charge is 0.493 e. The van der Waals surface area contributed by atoms with Crippen molar-refractivity contribution in [2.75, 3.05) is 14.2 Å². The van der Waals surface area contributed by atoms with Crippen LogP contribution in [-0.2, 0) is 0 Å². The maximum absolute atomic E-state index is 13.6. The first-order valence-corrected chi connectivity index (χ1v) is 7.58. The smallest absolute Gasteiger partial charge is 0.162 e. The number of methoxy groups -OCH3 is 2. The van der Waals surface area contributed by atoms with Gasteiger partial charge in [0.05, 0.1) is 19.0 Å². The Balaban J connectivity index is 2.49. The van der Waals surface area contributed by atoms with Gasteiger partial charge in [-0.2, -0.15) is 0 Å². The summed E-state index contributed by atoms with van der Waals surface area (Å²) < 4.78 is 24.1. The van der Waals surface area contributed by atoms with E-state index in [1.165, 1.54) is 12.1 Å². The fourth-order valence-electron chi connectivity index (χ4n) is 2.15. The predicted molar refractivity (Wildman–Crippen MR) is 86.5 cm³/mol. The van der Waals surface area contributed by atoms with Gasteiger partial charge in [0, 0.05) is 11.1 Å². The van der Waals surface area contributed by atoms with Gasteiger partial charge in [0.15, 0.2) is 11.5 Å². The van der Waals surface area contributed by atoms with E-state index in [0.29, 0.717) is 16.5 Å². The van der Waals surface area contributed by atoms with E-state index in [4.69, 9.17) is 21.1 Å². The monoisotopic (exact) mass is 372 g/mol. The third kappa shape index (κ3) is 3.50. The van der Waals surface area contributed by atoms with E-state index in [1.807, 2.05) is 13.0 Å². The number of hydrogen-bond acceptors (Lipinski definition) is 2. The SMILES string of the molecule is COc1cc(Cl)c(C(Br)c2cc(C)cc(F)c2)cc1OC. The van der Waals surface area contributed by atoms with Crippen molar-refractivity contribution in [2.45, 2.75) is 11.8 Å². The second-order valence-electron chi connectivity index (χ2n) is 4.65. The summed E-state index contributed by atoms with van der Waals surface area (Å²) in [6.07, 6.45) is 0. The van der Waals surface area contributed by atoms with Crippen LogP contribution in [0.4, 0.5) is 4.39 Å². The fourth-order valence-corrected chi connectivity index (χ4v) is 3.19. The zero-order chi connectivity index (χ0) is 15.6. The summed E-state index contributed by atoms with van der Waals surface area (Å²) in [5.41, 5.74) is 2.44. The lowest BCUT2D eigenvalue weighted by molar-refractivity contribution is 0.354. The first-order valence-electron chi connectivity index (χ1n) is 6.29. The summed E-state index contributed by atoms with van der Waals surface area (Å²) in [6.45, 7) is 1.85. The van der Waals surface area contributed by atoms with Crippen LogP contribution in [-0.4, -0.2) is 14.2 Å². The highest BCUT2D eigenvalue weighted by atomic mass is 79.9. The summed E-state index contributed by atoms with van der Waals surface area (Å²) in [7, 11) is 3.11. The molecule has 0 aromatic heterocycles. The van der Waals surface area contributed by atoms with Crippen molar-refractivity contribution in [3.05, 3.63) is 57.9 Å². The summed E-state index contributed by atoms with van der Waals surface area (Å²) >= 11 is 9.88. The molecule has 0 saturated carbocycles. The van der Waals surface area contributed by atoms with Crippen LogP contribution in [0.5, 0.6) is 11.5 Å². The summed E-state index contributed by atoms with van der Waals surface area (Å²) in [4.78, 5) is -0.237. The van der Waals surface area contributed by atoms with E-state index in [1.54, 1.807) is 26.4 Å². The van der Waals surface area contributed by atoms with E-state index < -0.39 is 0 Å². The second-order valence-corrected chi connectivity index (χ2v) is 5.98. The first kappa shape index (κ1) is 16.1. The molecule has 0 amide bonds. The van der Waals surface area contributed by atoms with Gasteiger partial charge in [0.1, 0.15) is 5.82 Å². The molecule has 112 valence electrons. The maximum Gasteiger partial charge on any atom is 0.162 e. The molecule has 0 heterocycles. The average Bonchev–Trinajstić information content (AvgIpc) is 2.45. The Hall–Kier alpha value is -1.26. The van der Waals surface area contributed by atoms with E-state index >= 15 is 0 Å². The van der Waals surface area contributed by atoms with Crippen LogP contribution in [0.1, 0.15) is 21.5 Å². The zero-order valence-corrected chi connectivity index (χ0v) is 14.3. The van der Waals surface area contributed by atoms with Crippen molar-refractivity contribution in [1.82, 2.24) is 0 Å². The molecule has 0 spiro atoms. The number of halogens is 3. The minimum Gasteiger partial charge on any atom is -0.493 e. The third-order valence-corrected chi connectivity index (χ3v) is 4.48. The Morgan fingerprint density at radius 1 is 1.05 bits per heavy atom. The summed E-state index contributed by atoms with van der Waals surface area (Å²) in [5.74, 6) is 0.863. The molecular weight excluding hydrogens is 359 g/mol. The lowest BCUT2D eigenvalue weighted by Gasteiger charge is -2.16. The molecule has 0 aliphatic carbocycles. The van der Waals surface area contributed by atoms with Gasteiger partial charge in [0.25, 0.3) is 0 Å². The molecule has 2 nitrogen and oxygen atoms in total. The molecule has 0 N–H and O–H groups in total. The second kappa shape index (κ2) is 6.67. The van der Waals surface area contributed by atoms with Crippen LogP contribution in [0.2, 0.25) is 5.02 Å². The first-order chi connectivity index (χ1) is 9.96. The van der Waals surface area contributed by atoms with Crippen molar-refractivity contribution >= 4 is 27.5 Å². The molecule has 0 aliphatic rings. The van der Waals surface area contributed by atoms with Crippen LogP contribution in [0.25, 0.3) is 0 Å². The zero-order valence-electron chi connectivity index (χ0n) is 11.9. The van der Waals surface area contributed by atoms with Gasteiger partial charge in [-0.05, 0) is 41.8 Å². The fraction of sp³-hybridized carbons (Fsp3) is 0.250. The van der Waals surface area contributed by atoms with Gasteiger partial charge in [-0.25, -0.2) is 4.39 Å². The van der Waals surface area contributed by atoms with E-state index in [0.717, 1.165) is 16.7 Å². The normalized spacial score (nSPS) is 12.1. The molecule has 2 aromatic carbocycles. The minimum atomic E-state index is -0.272. The highest BCUT2D eigenvalue weighted by molar-refractivity contribution is 9.09. The lowest BCUT2D eigenvalue weighted by Crippen LogP contribution is -1.98. The Morgan fingerprint density at radius 3 is 2.24 bits per heavy atom. The van der Waals surface area contributed by atoms with E-state index in [2.05, 4.69) is 15.9 Å². The molecule has 0 aliphatic heterocycles. The van der Waals surface area contributed by atoms with Crippen LogP contribution < -0.4 is 9.47 Å². The quantitative estimate of drug-likeness (QED) is 0.678. The van der Waals surface area contributed by atoms with Crippen molar-refractivity contribution in [3.8, 4) is 11.5 Å². The molecule has 1 atom stereocenters. The van der Waals surface area contributed by atoms with E-state index in [-0.39, 0.29) is 10.6 Å². The summed E-state index contributed by atoms with van der Waals surface area (Å²) in [5, 5.41) is 0.524. The van der Waals surface area contributed by atoms with Gasteiger partial charge in [0.2, 0.25) is 0 Å². The highest BCUT2D eigenvalue weighted by Crippen LogP contribution is 2.41. The van der Waals surface area contributed by atoms with Gasteiger partial charge >= 0.3 is 0 Å². The highest BCUT2D eigenvalue weighted by Gasteiger charge is 2.18. The molecule has 5 heteroatoms. The number of aryl methyl sites for hydroxylation is 1. The third-order valence-electron chi connectivity index (χ3n) is 3.13. The van der Waals surface area contributed by atoms with Crippen molar-refractivity contribution in [2.24, 2.45) is 0 Å². The van der Waals surface area contributed by atoms with Gasteiger partial charge in [-0.1, -0.05) is 33.6 Å². The van der Waals surface area contributed by atoms with Crippen molar-refractivity contribution in [1.29, 1.82) is 0 Å². The molecule has 2 rings (SSSR count). The average molecular weight is 374 g/mol. The van der Waals surface area contributed by atoms with E-state index in [9.17, 15) is 4.39 Å². The van der Waals surface area contributed by atoms with Gasteiger partial charge < -0.3 is 9.47 Å². The number of hydrogen-bond donors (Lipinski definition) is 0. The minimum absolute atomic E-state index is 0.237. The number of benzene rings is 2. The molecule has 2 aromatic rings. The Kier molecular flexibility index (Phi) is 5.12. The Morgan fingerprint density at radius 2 is 1.67 bits per heavy atom.